The van der Waals surface area contributed by atoms with Gasteiger partial charge < -0.3 is 5.32 Å². The van der Waals surface area contributed by atoms with Crippen LogP contribution < -0.4 is 5.32 Å². The third kappa shape index (κ3) is 4.34. The molecule has 0 bridgehead atoms. The molecule has 1 atom stereocenters. The van der Waals surface area contributed by atoms with Crippen LogP contribution in [0.15, 0.2) is 18.3 Å². The maximum atomic E-state index is 11.9. The van der Waals surface area contributed by atoms with Gasteiger partial charge in [0.25, 0.3) is 5.91 Å². The van der Waals surface area contributed by atoms with Crippen LogP contribution in [0.1, 0.15) is 36.3 Å². The Kier molecular flexibility index (Phi) is 5.60. The lowest BCUT2D eigenvalue weighted by Crippen LogP contribution is -2.37. The molecule has 0 aliphatic rings. The van der Waals surface area contributed by atoms with Gasteiger partial charge in [-0.05, 0) is 24.5 Å². The number of rotatable bonds is 5. The van der Waals surface area contributed by atoms with Gasteiger partial charge in [-0.25, -0.2) is 4.98 Å². The van der Waals surface area contributed by atoms with Gasteiger partial charge in [0.2, 0.25) is 0 Å². The van der Waals surface area contributed by atoms with Gasteiger partial charge in [0.1, 0.15) is 11.8 Å². The lowest BCUT2D eigenvalue weighted by Gasteiger charge is -2.17. The van der Waals surface area contributed by atoms with E-state index in [1.807, 2.05) is 6.07 Å². The Morgan fingerprint density at radius 2 is 2.28 bits per heavy atom. The summed E-state index contributed by atoms with van der Waals surface area (Å²) in [7, 11) is 0. The van der Waals surface area contributed by atoms with E-state index in [1.54, 1.807) is 6.07 Å². The summed E-state index contributed by atoms with van der Waals surface area (Å²) in [6, 6.07) is 5.00. The Balaban J connectivity index is 2.66. The Bertz CT molecular complexity index is 437. The first-order chi connectivity index (χ1) is 8.56. The molecule has 1 amide bonds. The van der Waals surface area contributed by atoms with Crippen LogP contribution in [-0.2, 0) is 0 Å². The lowest BCUT2D eigenvalue weighted by atomic mass is 10.1. The minimum atomic E-state index is -0.259. The third-order valence-electron chi connectivity index (χ3n) is 2.40. The molecule has 0 aliphatic heterocycles. The highest BCUT2D eigenvalue weighted by Gasteiger charge is 2.15. The van der Waals surface area contributed by atoms with Gasteiger partial charge in [0.05, 0.1) is 5.56 Å². The van der Waals surface area contributed by atoms with E-state index in [0.717, 1.165) is 6.42 Å². The average Bonchev–Trinajstić information content (AvgIpc) is 2.37. The van der Waals surface area contributed by atoms with Crippen LogP contribution in [0, 0.1) is 17.2 Å². The van der Waals surface area contributed by atoms with E-state index < -0.39 is 0 Å². The normalized spacial score (nSPS) is 11.9. The van der Waals surface area contributed by atoms with E-state index in [2.05, 4.69) is 24.1 Å². The fourth-order valence-corrected chi connectivity index (χ4v) is 1.79. The topological polar surface area (TPSA) is 65.8 Å². The molecule has 4 nitrogen and oxygen atoms in total. The predicted octanol–water partition coefficient (Wildman–Crippen LogP) is 2.34. The van der Waals surface area contributed by atoms with Crippen molar-refractivity contribution < 1.29 is 4.79 Å². The summed E-state index contributed by atoms with van der Waals surface area (Å²) in [5.74, 6) is 0.578. The van der Waals surface area contributed by atoms with Crippen molar-refractivity contribution >= 4 is 17.5 Å². The van der Waals surface area contributed by atoms with Crippen LogP contribution in [0.2, 0.25) is 0 Å². The number of nitrogens with one attached hydrogen (secondary N) is 1. The number of hydrogen-bond donors (Lipinski definition) is 1. The van der Waals surface area contributed by atoms with Crippen LogP contribution in [-0.4, -0.2) is 22.8 Å². The number of carbonyl (C=O) groups is 1. The van der Waals surface area contributed by atoms with Gasteiger partial charge in [-0.15, -0.1) is 11.6 Å². The summed E-state index contributed by atoms with van der Waals surface area (Å²) in [5, 5.41) is 11.5. The summed E-state index contributed by atoms with van der Waals surface area (Å²) < 4.78 is 0. The number of aromatic nitrogens is 1. The SMILES string of the molecule is CC(C)CC(CCl)NC(=O)c1ccc(C#N)cn1. The zero-order chi connectivity index (χ0) is 13.5. The summed E-state index contributed by atoms with van der Waals surface area (Å²) >= 11 is 5.81. The van der Waals surface area contributed by atoms with Crippen molar-refractivity contribution in [1.29, 1.82) is 5.26 Å². The number of pyridine rings is 1. The van der Waals surface area contributed by atoms with E-state index >= 15 is 0 Å². The molecule has 0 fully saturated rings. The first kappa shape index (κ1) is 14.5. The predicted molar refractivity (Wildman–Crippen MR) is 70.4 cm³/mol. The Morgan fingerprint density at radius 1 is 1.56 bits per heavy atom. The Hall–Kier alpha value is -1.60. The molecule has 1 unspecified atom stereocenters. The number of alkyl halides is 1. The highest BCUT2D eigenvalue weighted by molar-refractivity contribution is 6.18. The van der Waals surface area contributed by atoms with Crippen molar-refractivity contribution in [3.63, 3.8) is 0 Å². The minimum absolute atomic E-state index is 0.0587. The number of halogens is 1. The summed E-state index contributed by atoms with van der Waals surface area (Å²) in [6.07, 6.45) is 2.21. The molecule has 0 saturated heterocycles. The molecule has 1 rings (SSSR count). The summed E-state index contributed by atoms with van der Waals surface area (Å²) in [4.78, 5) is 15.8. The second kappa shape index (κ2) is 6.97. The van der Waals surface area contributed by atoms with E-state index in [-0.39, 0.29) is 11.9 Å². The molecular weight excluding hydrogens is 250 g/mol. The number of amides is 1. The molecule has 0 radical (unpaired) electrons. The molecule has 1 N–H and O–H groups in total. The number of hydrogen-bond acceptors (Lipinski definition) is 3. The highest BCUT2D eigenvalue weighted by Crippen LogP contribution is 2.07. The van der Waals surface area contributed by atoms with Gasteiger partial charge in [0.15, 0.2) is 0 Å². The molecule has 0 aromatic carbocycles. The quantitative estimate of drug-likeness (QED) is 0.831. The van der Waals surface area contributed by atoms with Crippen molar-refractivity contribution in [2.45, 2.75) is 26.3 Å². The maximum Gasteiger partial charge on any atom is 0.270 e. The minimum Gasteiger partial charge on any atom is -0.347 e. The first-order valence-electron chi connectivity index (χ1n) is 5.79. The van der Waals surface area contributed by atoms with Crippen LogP contribution >= 0.6 is 11.6 Å². The van der Waals surface area contributed by atoms with Gasteiger partial charge in [-0.1, -0.05) is 13.8 Å². The Labute approximate surface area is 112 Å². The van der Waals surface area contributed by atoms with Crippen molar-refractivity contribution in [2.75, 3.05) is 5.88 Å². The number of nitrogens with zero attached hydrogens (tertiary/aromatic N) is 2. The standard InChI is InChI=1S/C13H16ClN3O/c1-9(2)5-11(6-14)17-13(18)12-4-3-10(7-15)8-16-12/h3-4,8-9,11H,5-6H2,1-2H3,(H,17,18). The van der Waals surface area contributed by atoms with Crippen molar-refractivity contribution in [3.05, 3.63) is 29.6 Å². The largest absolute Gasteiger partial charge is 0.347 e. The monoisotopic (exact) mass is 265 g/mol. The smallest absolute Gasteiger partial charge is 0.270 e. The van der Waals surface area contributed by atoms with Crippen LogP contribution in [0.4, 0.5) is 0 Å². The molecule has 1 heterocycles. The maximum absolute atomic E-state index is 11.9. The van der Waals surface area contributed by atoms with E-state index in [0.29, 0.717) is 23.1 Å². The number of nitriles is 1. The third-order valence-corrected chi connectivity index (χ3v) is 2.78. The van der Waals surface area contributed by atoms with Crippen LogP contribution in [0.5, 0.6) is 0 Å². The zero-order valence-electron chi connectivity index (χ0n) is 10.5. The molecule has 1 aromatic heterocycles. The van der Waals surface area contributed by atoms with Crippen LogP contribution in [0.25, 0.3) is 0 Å². The summed E-state index contributed by atoms with van der Waals surface area (Å²) in [6.45, 7) is 4.15. The average molecular weight is 266 g/mol. The molecule has 0 spiro atoms. The van der Waals surface area contributed by atoms with Crippen LogP contribution in [0.3, 0.4) is 0 Å². The molecule has 0 saturated carbocycles. The molecule has 18 heavy (non-hydrogen) atoms. The van der Waals surface area contributed by atoms with E-state index in [9.17, 15) is 4.79 Å². The second-order valence-electron chi connectivity index (χ2n) is 4.50. The van der Waals surface area contributed by atoms with Gasteiger partial charge >= 0.3 is 0 Å². The van der Waals surface area contributed by atoms with E-state index in [4.69, 9.17) is 16.9 Å². The lowest BCUT2D eigenvalue weighted by molar-refractivity contribution is 0.0931. The number of carbonyl (C=O) groups excluding carboxylic acids is 1. The summed E-state index contributed by atoms with van der Waals surface area (Å²) in [5.41, 5.74) is 0.732. The molecule has 1 aromatic rings. The molecule has 96 valence electrons. The first-order valence-corrected chi connectivity index (χ1v) is 6.33. The van der Waals surface area contributed by atoms with Gasteiger partial charge in [-0.3, -0.25) is 4.79 Å². The molecule has 5 heteroatoms. The zero-order valence-corrected chi connectivity index (χ0v) is 11.2. The van der Waals surface area contributed by atoms with Crippen molar-refractivity contribution in [1.82, 2.24) is 10.3 Å². The fraction of sp³-hybridized carbons (Fsp3) is 0.462. The second-order valence-corrected chi connectivity index (χ2v) is 4.81. The highest BCUT2D eigenvalue weighted by atomic mass is 35.5. The van der Waals surface area contributed by atoms with E-state index in [1.165, 1.54) is 12.3 Å². The van der Waals surface area contributed by atoms with Gasteiger partial charge in [-0.2, -0.15) is 5.26 Å². The van der Waals surface area contributed by atoms with Crippen molar-refractivity contribution in [2.24, 2.45) is 5.92 Å². The molecular formula is C13H16ClN3O. The fourth-order valence-electron chi connectivity index (χ4n) is 1.58. The molecule has 0 aliphatic carbocycles. The van der Waals surface area contributed by atoms with Gasteiger partial charge in [0, 0.05) is 18.1 Å². The van der Waals surface area contributed by atoms with Crippen molar-refractivity contribution in [3.8, 4) is 6.07 Å². The Morgan fingerprint density at radius 3 is 2.72 bits per heavy atom.